The monoisotopic (exact) mass is 913 g/mol. The molecule has 6 unspecified atom stereocenters. The Bertz CT molecular complexity index is 3280. The molecule has 6 atom stereocenters. The second kappa shape index (κ2) is 15.3. The maximum absolute atomic E-state index is 15.5. The molecule has 2 aromatic heterocycles. The predicted octanol–water partition coefficient (Wildman–Crippen LogP) is 11.0. The molecule has 2 saturated heterocycles. The van der Waals surface area contributed by atoms with E-state index in [2.05, 4.69) is 10.2 Å². The predicted molar refractivity (Wildman–Crippen MR) is 258 cm³/mol. The first-order chi connectivity index (χ1) is 31.7. The van der Waals surface area contributed by atoms with Gasteiger partial charge in [0.15, 0.2) is 0 Å². The largest absolute Gasteiger partial charge is 0.507 e. The SMILES string of the molecule is Cc1c(-c2cc(N3C(=O)C4CC5C(=CCC6C(=O)N(c7ccc(N=Nc8ccc(N(C)C)cc8)cc7)C(=O)C65)C(c5ccc(O)c6ccccc56)C4(C)C3=O)n(C)n2)sc2ccc(Cl)cc12. The molecule has 66 heavy (non-hydrogen) atoms. The highest BCUT2D eigenvalue weighted by Gasteiger charge is 2.68. The highest BCUT2D eigenvalue weighted by Crippen LogP contribution is 2.64. The lowest BCUT2D eigenvalue weighted by molar-refractivity contribution is -0.131. The number of carbonyl (C=O) groups excluding carboxylic acids is 4. The van der Waals surface area contributed by atoms with E-state index in [1.807, 2.05) is 112 Å². The number of amides is 4. The van der Waals surface area contributed by atoms with Crippen LogP contribution in [0.4, 0.5) is 28.6 Å². The molecule has 14 heteroatoms. The number of anilines is 3. The van der Waals surface area contributed by atoms with Crippen LogP contribution in [0, 0.1) is 36.0 Å². The fourth-order valence-corrected chi connectivity index (χ4v) is 12.5. The number of nitrogens with zero attached hydrogens (tertiary/aromatic N) is 7. The molecule has 1 N–H and O–H groups in total. The summed E-state index contributed by atoms with van der Waals surface area (Å²) in [5.74, 6) is -4.40. The number of thiophene rings is 1. The van der Waals surface area contributed by atoms with Crippen LogP contribution in [0.5, 0.6) is 5.75 Å². The number of allylic oxidation sites excluding steroid dienone is 2. The highest BCUT2D eigenvalue weighted by atomic mass is 35.5. The smallest absolute Gasteiger partial charge is 0.242 e. The van der Waals surface area contributed by atoms with Gasteiger partial charge in [-0.3, -0.25) is 28.8 Å². The van der Waals surface area contributed by atoms with E-state index < -0.39 is 35.0 Å². The minimum atomic E-state index is -1.30. The minimum absolute atomic E-state index is 0.0936. The maximum atomic E-state index is 15.5. The molecule has 1 saturated carbocycles. The van der Waals surface area contributed by atoms with Crippen LogP contribution >= 0.6 is 22.9 Å². The van der Waals surface area contributed by atoms with Crippen LogP contribution in [0.15, 0.2) is 131 Å². The summed E-state index contributed by atoms with van der Waals surface area (Å²) in [4.78, 5) is 65.5. The molecule has 7 aromatic rings. The maximum Gasteiger partial charge on any atom is 0.242 e. The lowest BCUT2D eigenvalue weighted by Gasteiger charge is -2.49. The van der Waals surface area contributed by atoms with E-state index in [0.29, 0.717) is 45.4 Å². The molecule has 4 aliphatic rings. The van der Waals surface area contributed by atoms with Gasteiger partial charge in [-0.15, -0.1) is 11.3 Å². The van der Waals surface area contributed by atoms with Crippen molar-refractivity contribution in [2.24, 2.45) is 46.4 Å². The quantitative estimate of drug-likeness (QED) is 0.0953. The Morgan fingerprint density at radius 3 is 2.21 bits per heavy atom. The number of fused-ring (bicyclic) bond motifs is 6. The van der Waals surface area contributed by atoms with Crippen molar-refractivity contribution in [1.29, 1.82) is 0 Å². The van der Waals surface area contributed by atoms with E-state index in [9.17, 15) is 14.7 Å². The Morgan fingerprint density at radius 2 is 1.50 bits per heavy atom. The van der Waals surface area contributed by atoms with E-state index in [1.54, 1.807) is 59.5 Å². The number of benzene rings is 5. The van der Waals surface area contributed by atoms with E-state index >= 15 is 9.59 Å². The van der Waals surface area contributed by atoms with Gasteiger partial charge in [-0.05, 0) is 127 Å². The summed E-state index contributed by atoms with van der Waals surface area (Å²) in [5, 5.41) is 27.7. The van der Waals surface area contributed by atoms with Crippen LogP contribution in [-0.2, 0) is 26.2 Å². The van der Waals surface area contributed by atoms with Crippen LogP contribution in [0.3, 0.4) is 0 Å². The number of rotatable bonds is 7. The third-order valence-corrected chi connectivity index (χ3v) is 16.0. The van der Waals surface area contributed by atoms with Crippen LogP contribution in [0.1, 0.15) is 36.8 Å². The van der Waals surface area contributed by atoms with Crippen molar-refractivity contribution in [1.82, 2.24) is 9.78 Å². The second-order valence-corrected chi connectivity index (χ2v) is 19.7. The molecule has 330 valence electrons. The Morgan fingerprint density at radius 1 is 0.803 bits per heavy atom. The van der Waals surface area contributed by atoms with E-state index in [1.165, 1.54) is 9.80 Å². The zero-order valence-corrected chi connectivity index (χ0v) is 38.3. The Hall–Kier alpha value is -6.96. The number of aromatic hydroxyl groups is 1. The summed E-state index contributed by atoms with van der Waals surface area (Å²) in [6.07, 6.45) is 2.53. The average molecular weight is 914 g/mol. The fraction of sp³-hybridized carbons (Fsp3) is 0.250. The first-order valence-corrected chi connectivity index (χ1v) is 23.1. The van der Waals surface area contributed by atoms with Crippen molar-refractivity contribution >= 4 is 96.0 Å². The summed E-state index contributed by atoms with van der Waals surface area (Å²) in [6.45, 7) is 3.89. The number of imide groups is 2. The van der Waals surface area contributed by atoms with Crippen molar-refractivity contribution in [3.8, 4) is 16.3 Å². The standard InChI is InChI=1S/C52H44ClN7O5S/c1-27-38-24-28(53)10-23-43(38)66-47(27)41-26-44(58(5)56-41)60-49(63)40-25-39-36(46(52(40,2)51(60)65)35-21-22-42(61)34-9-7-6-8-33(34)35)19-20-37-45(39)50(64)59(48(37)62)32-17-13-30(14-18-32)55-54-29-11-15-31(16-12-29)57(3)4/h6-19,21-24,26,37,39-40,45-46,61H,20,25H2,1-5H3. The van der Waals surface area contributed by atoms with Crippen molar-refractivity contribution < 1.29 is 24.3 Å². The molecule has 5 aromatic carbocycles. The molecule has 2 aliphatic carbocycles. The lowest BCUT2D eigenvalue weighted by Crippen LogP contribution is -2.49. The number of hydrogen-bond acceptors (Lipinski definition) is 10. The first kappa shape index (κ1) is 41.7. The first-order valence-electron chi connectivity index (χ1n) is 21.9. The number of azo groups is 1. The third-order valence-electron chi connectivity index (χ3n) is 14.5. The molecule has 2 aliphatic heterocycles. The number of carbonyl (C=O) groups is 4. The van der Waals surface area contributed by atoms with Gasteiger partial charge in [0.1, 0.15) is 17.3 Å². The van der Waals surface area contributed by atoms with Crippen LogP contribution in [0.2, 0.25) is 5.02 Å². The molecule has 0 bridgehead atoms. The Kier molecular flexibility index (Phi) is 9.68. The van der Waals surface area contributed by atoms with Gasteiger partial charge < -0.3 is 10.0 Å². The molecule has 3 fully saturated rings. The fourth-order valence-electron chi connectivity index (χ4n) is 11.2. The minimum Gasteiger partial charge on any atom is -0.507 e. The topological polar surface area (TPSA) is 141 Å². The van der Waals surface area contributed by atoms with Gasteiger partial charge in [-0.1, -0.05) is 53.6 Å². The molecule has 4 heterocycles. The third kappa shape index (κ3) is 6.20. The number of hydrogen-bond donors (Lipinski definition) is 1. The van der Waals surface area contributed by atoms with Gasteiger partial charge in [0.05, 0.1) is 45.1 Å². The summed E-state index contributed by atoms with van der Waals surface area (Å²) >= 11 is 7.94. The molecule has 0 radical (unpaired) electrons. The van der Waals surface area contributed by atoms with Crippen molar-refractivity contribution in [3.63, 3.8) is 0 Å². The van der Waals surface area contributed by atoms with Gasteiger partial charge in [-0.2, -0.15) is 15.3 Å². The lowest BCUT2D eigenvalue weighted by atomic mass is 9.51. The van der Waals surface area contributed by atoms with Crippen LogP contribution in [-0.4, -0.2) is 52.6 Å². The Balaban J connectivity index is 0.964. The molecular weight excluding hydrogens is 870 g/mol. The number of aryl methyl sites for hydroxylation is 2. The number of halogens is 1. The normalized spacial score (nSPS) is 23.8. The van der Waals surface area contributed by atoms with Crippen molar-refractivity contribution in [2.75, 3.05) is 28.8 Å². The summed E-state index contributed by atoms with van der Waals surface area (Å²) < 4.78 is 2.63. The number of aromatic nitrogens is 2. The van der Waals surface area contributed by atoms with E-state index in [-0.39, 0.29) is 35.8 Å². The number of phenols is 1. The summed E-state index contributed by atoms with van der Waals surface area (Å²) in [5.41, 5.74) is 4.68. The summed E-state index contributed by atoms with van der Waals surface area (Å²) in [7, 11) is 5.67. The van der Waals surface area contributed by atoms with Crippen LogP contribution < -0.4 is 14.7 Å². The average Bonchev–Trinajstić information content (AvgIpc) is 3.99. The number of phenolic OH excluding ortho intramolecular Hbond substituents is 1. The Labute approximate surface area is 389 Å². The molecule has 0 spiro atoms. The highest BCUT2D eigenvalue weighted by molar-refractivity contribution is 7.22. The molecule has 11 rings (SSSR count). The summed E-state index contributed by atoms with van der Waals surface area (Å²) in [6, 6.07) is 33.1. The van der Waals surface area contributed by atoms with E-state index in [4.69, 9.17) is 16.7 Å². The molecule has 4 amide bonds. The van der Waals surface area contributed by atoms with Crippen molar-refractivity contribution in [3.05, 3.63) is 137 Å². The molecular formula is C52H44ClN7O5S. The zero-order valence-electron chi connectivity index (χ0n) is 36.8. The van der Waals surface area contributed by atoms with Gasteiger partial charge in [-0.25, -0.2) is 4.90 Å². The zero-order chi connectivity index (χ0) is 45.9. The molecule has 12 nitrogen and oxygen atoms in total. The van der Waals surface area contributed by atoms with Gasteiger partial charge in [0.25, 0.3) is 0 Å². The van der Waals surface area contributed by atoms with Gasteiger partial charge in [0, 0.05) is 53.9 Å². The van der Waals surface area contributed by atoms with Gasteiger partial charge >= 0.3 is 0 Å². The van der Waals surface area contributed by atoms with Crippen LogP contribution in [0.25, 0.3) is 31.4 Å². The second-order valence-electron chi connectivity index (χ2n) is 18.2. The van der Waals surface area contributed by atoms with Gasteiger partial charge in [0.2, 0.25) is 23.6 Å². The van der Waals surface area contributed by atoms with Crippen molar-refractivity contribution in [2.45, 2.75) is 32.6 Å². The van der Waals surface area contributed by atoms with E-state index in [0.717, 1.165) is 42.7 Å².